The zero-order valence-electron chi connectivity index (χ0n) is 9.46. The van der Waals surface area contributed by atoms with Crippen molar-refractivity contribution in [2.75, 3.05) is 19.9 Å². The lowest BCUT2D eigenvalue weighted by Gasteiger charge is -2.11. The van der Waals surface area contributed by atoms with E-state index in [1.54, 1.807) is 12.1 Å². The molecule has 1 rings (SSSR count). The first-order valence-electron chi connectivity index (χ1n) is 4.80. The maximum absolute atomic E-state index is 10.9. The van der Waals surface area contributed by atoms with Crippen LogP contribution in [0.1, 0.15) is 5.56 Å². The van der Waals surface area contributed by atoms with E-state index >= 15 is 0 Å². The molecule has 0 bridgehead atoms. The molecule has 1 aromatic rings. The SMILES string of the molecule is COc1c(Cl)cc(Cl)cc1CCNS(C)(=O)=O. The van der Waals surface area contributed by atoms with Gasteiger partial charge in [-0.05, 0) is 24.1 Å². The summed E-state index contributed by atoms with van der Waals surface area (Å²) in [6.07, 6.45) is 1.56. The zero-order chi connectivity index (χ0) is 13.1. The molecule has 0 amide bonds. The Morgan fingerprint density at radius 2 is 2.00 bits per heavy atom. The summed E-state index contributed by atoms with van der Waals surface area (Å²) in [5, 5.41) is 0.902. The number of hydrogen-bond acceptors (Lipinski definition) is 3. The lowest BCUT2D eigenvalue weighted by molar-refractivity contribution is 0.410. The molecule has 0 fully saturated rings. The lowest BCUT2D eigenvalue weighted by atomic mass is 10.1. The molecule has 0 unspecified atom stereocenters. The van der Waals surface area contributed by atoms with Gasteiger partial charge in [0.25, 0.3) is 0 Å². The van der Waals surface area contributed by atoms with Gasteiger partial charge < -0.3 is 4.74 Å². The molecule has 0 aromatic heterocycles. The first kappa shape index (κ1) is 14.6. The second-order valence-electron chi connectivity index (χ2n) is 3.50. The molecule has 4 nitrogen and oxygen atoms in total. The van der Waals surface area contributed by atoms with E-state index in [0.29, 0.717) is 22.2 Å². The molecule has 1 aromatic carbocycles. The summed E-state index contributed by atoms with van der Waals surface area (Å²) in [5.74, 6) is 0.520. The minimum absolute atomic E-state index is 0.270. The van der Waals surface area contributed by atoms with Gasteiger partial charge in [0.15, 0.2) is 0 Å². The third kappa shape index (κ3) is 4.71. The van der Waals surface area contributed by atoms with Crippen LogP contribution >= 0.6 is 23.2 Å². The van der Waals surface area contributed by atoms with Gasteiger partial charge in [-0.15, -0.1) is 0 Å². The number of halogens is 2. The van der Waals surface area contributed by atoms with Crippen molar-refractivity contribution in [1.29, 1.82) is 0 Å². The molecule has 0 radical (unpaired) electrons. The van der Waals surface area contributed by atoms with Gasteiger partial charge in [-0.3, -0.25) is 0 Å². The molecule has 1 N–H and O–H groups in total. The molecule has 0 aliphatic heterocycles. The standard InChI is InChI=1S/C10H13Cl2NO3S/c1-16-10-7(3-4-13-17(2,14)15)5-8(11)6-9(10)12/h5-6,13H,3-4H2,1-2H3. The quantitative estimate of drug-likeness (QED) is 0.905. The topological polar surface area (TPSA) is 55.4 Å². The Bertz CT molecular complexity index is 503. The van der Waals surface area contributed by atoms with Gasteiger partial charge in [0.1, 0.15) is 5.75 Å². The highest BCUT2D eigenvalue weighted by atomic mass is 35.5. The van der Waals surface area contributed by atoms with Gasteiger partial charge in [0, 0.05) is 11.6 Å². The number of ether oxygens (including phenoxy) is 1. The van der Waals surface area contributed by atoms with E-state index < -0.39 is 10.0 Å². The van der Waals surface area contributed by atoms with Crippen LogP contribution in [0.25, 0.3) is 0 Å². The molecular formula is C10H13Cl2NO3S. The molecule has 0 aliphatic carbocycles. The second-order valence-corrected chi connectivity index (χ2v) is 6.17. The van der Waals surface area contributed by atoms with Crippen LogP contribution in [0.15, 0.2) is 12.1 Å². The Kier molecular flexibility index (Phi) is 5.06. The van der Waals surface area contributed by atoms with Gasteiger partial charge in [-0.1, -0.05) is 23.2 Å². The number of benzene rings is 1. The van der Waals surface area contributed by atoms with Crippen LogP contribution in [-0.2, 0) is 16.4 Å². The summed E-state index contributed by atoms with van der Waals surface area (Å²) in [6, 6.07) is 3.28. The Labute approximate surface area is 111 Å². The maximum atomic E-state index is 10.9. The van der Waals surface area contributed by atoms with Crippen molar-refractivity contribution in [3.63, 3.8) is 0 Å². The van der Waals surface area contributed by atoms with Crippen molar-refractivity contribution in [3.05, 3.63) is 27.7 Å². The molecule has 0 saturated carbocycles. The van der Waals surface area contributed by atoms with Crippen molar-refractivity contribution >= 4 is 33.2 Å². The average Bonchev–Trinajstić information content (AvgIpc) is 2.14. The molecule has 7 heteroatoms. The van der Waals surface area contributed by atoms with Crippen molar-refractivity contribution in [3.8, 4) is 5.75 Å². The second kappa shape index (κ2) is 5.91. The summed E-state index contributed by atoms with van der Waals surface area (Å²) >= 11 is 11.8. The number of hydrogen-bond donors (Lipinski definition) is 1. The monoisotopic (exact) mass is 297 g/mol. The van der Waals surface area contributed by atoms with Gasteiger partial charge in [0.2, 0.25) is 10.0 Å². The minimum atomic E-state index is -3.19. The summed E-state index contributed by atoms with van der Waals surface area (Å²) in [4.78, 5) is 0. The Morgan fingerprint density at radius 1 is 1.35 bits per heavy atom. The highest BCUT2D eigenvalue weighted by molar-refractivity contribution is 7.88. The largest absolute Gasteiger partial charge is 0.495 e. The summed E-state index contributed by atoms with van der Waals surface area (Å²) in [5.41, 5.74) is 0.765. The summed E-state index contributed by atoms with van der Waals surface area (Å²) in [6.45, 7) is 0.270. The normalized spacial score (nSPS) is 11.5. The predicted molar refractivity (Wildman–Crippen MR) is 69.6 cm³/mol. The third-order valence-electron chi connectivity index (χ3n) is 2.05. The molecule has 0 spiro atoms. The minimum Gasteiger partial charge on any atom is -0.495 e. The van der Waals surface area contributed by atoms with Crippen LogP contribution in [0.2, 0.25) is 10.0 Å². The Morgan fingerprint density at radius 3 is 2.53 bits per heavy atom. The van der Waals surface area contributed by atoms with Crippen molar-refractivity contribution in [1.82, 2.24) is 4.72 Å². The number of sulfonamides is 1. The number of methoxy groups -OCH3 is 1. The van der Waals surface area contributed by atoms with E-state index in [9.17, 15) is 8.42 Å². The van der Waals surface area contributed by atoms with Gasteiger partial charge in [-0.2, -0.15) is 0 Å². The fraction of sp³-hybridized carbons (Fsp3) is 0.400. The smallest absolute Gasteiger partial charge is 0.208 e. The molecule has 0 atom stereocenters. The average molecular weight is 298 g/mol. The molecule has 17 heavy (non-hydrogen) atoms. The van der Waals surface area contributed by atoms with E-state index in [1.807, 2.05) is 0 Å². The number of rotatable bonds is 5. The van der Waals surface area contributed by atoms with Crippen LogP contribution in [0.3, 0.4) is 0 Å². The maximum Gasteiger partial charge on any atom is 0.208 e. The molecular weight excluding hydrogens is 285 g/mol. The highest BCUT2D eigenvalue weighted by Gasteiger charge is 2.10. The van der Waals surface area contributed by atoms with E-state index in [1.165, 1.54) is 7.11 Å². The van der Waals surface area contributed by atoms with Crippen molar-refractivity contribution < 1.29 is 13.2 Å². The van der Waals surface area contributed by atoms with E-state index in [4.69, 9.17) is 27.9 Å². The first-order chi connectivity index (χ1) is 7.83. The molecule has 0 aliphatic rings. The van der Waals surface area contributed by atoms with Crippen LogP contribution < -0.4 is 9.46 Å². The highest BCUT2D eigenvalue weighted by Crippen LogP contribution is 2.32. The lowest BCUT2D eigenvalue weighted by Crippen LogP contribution is -2.24. The molecule has 96 valence electrons. The van der Waals surface area contributed by atoms with Crippen molar-refractivity contribution in [2.45, 2.75) is 6.42 Å². The fourth-order valence-electron chi connectivity index (χ4n) is 1.40. The third-order valence-corrected chi connectivity index (χ3v) is 3.28. The van der Waals surface area contributed by atoms with E-state index in [2.05, 4.69) is 4.72 Å². The van der Waals surface area contributed by atoms with Gasteiger partial charge in [-0.25, -0.2) is 13.1 Å². The van der Waals surface area contributed by atoms with E-state index in [-0.39, 0.29) is 6.54 Å². The summed E-state index contributed by atoms with van der Waals surface area (Å²) in [7, 11) is -1.69. The molecule has 0 heterocycles. The van der Waals surface area contributed by atoms with Gasteiger partial charge >= 0.3 is 0 Å². The van der Waals surface area contributed by atoms with Crippen molar-refractivity contribution in [2.24, 2.45) is 0 Å². The van der Waals surface area contributed by atoms with Crippen LogP contribution in [0.5, 0.6) is 5.75 Å². The van der Waals surface area contributed by atoms with Crippen LogP contribution in [0.4, 0.5) is 0 Å². The van der Waals surface area contributed by atoms with Crippen LogP contribution in [0, 0.1) is 0 Å². The van der Waals surface area contributed by atoms with E-state index in [0.717, 1.165) is 11.8 Å². The predicted octanol–water partition coefficient (Wildman–Crippen LogP) is 2.09. The fourth-order valence-corrected chi connectivity index (χ4v) is 2.48. The van der Waals surface area contributed by atoms with Gasteiger partial charge in [0.05, 0.1) is 18.4 Å². The Hall–Kier alpha value is -0.490. The summed E-state index contributed by atoms with van der Waals surface area (Å²) < 4.78 is 29.4. The Balaban J connectivity index is 2.83. The zero-order valence-corrected chi connectivity index (χ0v) is 11.8. The number of nitrogens with one attached hydrogen (secondary N) is 1. The first-order valence-corrected chi connectivity index (χ1v) is 7.45. The molecule has 0 saturated heterocycles. The van der Waals surface area contributed by atoms with Crippen LogP contribution in [-0.4, -0.2) is 28.3 Å².